The van der Waals surface area contributed by atoms with Crippen LogP contribution in [0.15, 0.2) is 48.5 Å². The first-order valence-corrected chi connectivity index (χ1v) is 12.9. The SMILES string of the molecule is COc1c(NC(=O)C(=O)c2ccc(OCCN3CCOCC3)c3ccccc23)cc(C(C)(C)C)cc1C(=O)O. The Morgan fingerprint density at radius 1 is 1.00 bits per heavy atom. The van der Waals surface area contributed by atoms with E-state index in [9.17, 15) is 19.5 Å². The van der Waals surface area contributed by atoms with Gasteiger partial charge >= 0.3 is 5.97 Å². The Labute approximate surface area is 227 Å². The number of hydrogen-bond donors (Lipinski definition) is 2. The molecule has 1 amide bonds. The summed E-state index contributed by atoms with van der Waals surface area (Å²) in [6.07, 6.45) is 0. The normalized spacial score (nSPS) is 14.2. The number of nitrogens with zero attached hydrogens (tertiary/aromatic N) is 1. The summed E-state index contributed by atoms with van der Waals surface area (Å²) in [6.45, 7) is 10.2. The largest absolute Gasteiger partial charge is 0.494 e. The molecule has 1 saturated heterocycles. The van der Waals surface area contributed by atoms with Gasteiger partial charge in [-0.2, -0.15) is 0 Å². The zero-order valence-corrected chi connectivity index (χ0v) is 22.7. The standard InChI is InChI=1S/C30H34N2O7/c1-30(2,3)19-17-23(29(35)36)27(37-4)24(18-19)31-28(34)26(33)22-9-10-25(21-8-6-5-7-20(21)22)39-16-13-32-11-14-38-15-12-32/h5-10,17-18H,11-16H2,1-4H3,(H,31,34)(H,35,36). The molecular formula is C30H34N2O7. The van der Waals surface area contributed by atoms with Crippen molar-refractivity contribution in [2.45, 2.75) is 26.2 Å². The van der Waals surface area contributed by atoms with Gasteiger partial charge in [-0.05, 0) is 40.6 Å². The van der Waals surface area contributed by atoms with Crippen LogP contribution >= 0.6 is 0 Å². The molecule has 9 heteroatoms. The summed E-state index contributed by atoms with van der Waals surface area (Å²) in [6, 6.07) is 13.7. The van der Waals surface area contributed by atoms with E-state index >= 15 is 0 Å². The minimum atomic E-state index is -1.20. The molecular weight excluding hydrogens is 500 g/mol. The van der Waals surface area contributed by atoms with E-state index in [4.69, 9.17) is 14.2 Å². The van der Waals surface area contributed by atoms with Gasteiger partial charge in [0.2, 0.25) is 0 Å². The fourth-order valence-electron chi connectivity index (χ4n) is 4.54. The van der Waals surface area contributed by atoms with Crippen molar-refractivity contribution >= 4 is 34.1 Å². The second-order valence-corrected chi connectivity index (χ2v) is 10.4. The van der Waals surface area contributed by atoms with Gasteiger partial charge in [-0.15, -0.1) is 0 Å². The molecule has 2 N–H and O–H groups in total. The van der Waals surface area contributed by atoms with E-state index in [1.54, 1.807) is 30.3 Å². The number of nitrogens with one attached hydrogen (secondary N) is 1. The number of aromatic carboxylic acids is 1. The molecule has 3 aromatic rings. The van der Waals surface area contributed by atoms with Crippen LogP contribution in [0.5, 0.6) is 11.5 Å². The third-order valence-corrected chi connectivity index (χ3v) is 6.74. The molecule has 1 fully saturated rings. The molecule has 206 valence electrons. The van der Waals surface area contributed by atoms with Crippen LogP contribution < -0.4 is 14.8 Å². The molecule has 0 aromatic heterocycles. The van der Waals surface area contributed by atoms with E-state index in [1.807, 2.05) is 32.9 Å². The van der Waals surface area contributed by atoms with Crippen molar-refractivity contribution in [3.63, 3.8) is 0 Å². The minimum absolute atomic E-state index is 0.0227. The highest BCUT2D eigenvalue weighted by atomic mass is 16.5. The number of methoxy groups -OCH3 is 1. The molecule has 0 saturated carbocycles. The van der Waals surface area contributed by atoms with Gasteiger partial charge in [-0.25, -0.2) is 4.79 Å². The highest BCUT2D eigenvalue weighted by Gasteiger charge is 2.26. The summed E-state index contributed by atoms with van der Waals surface area (Å²) >= 11 is 0. The Morgan fingerprint density at radius 3 is 2.33 bits per heavy atom. The predicted octanol–water partition coefficient (Wildman–Crippen LogP) is 4.38. The molecule has 9 nitrogen and oxygen atoms in total. The molecule has 4 rings (SSSR count). The van der Waals surface area contributed by atoms with E-state index in [2.05, 4.69) is 10.2 Å². The number of carboxylic acids is 1. The Balaban J connectivity index is 1.59. The van der Waals surface area contributed by atoms with Crippen molar-refractivity contribution < 1.29 is 33.7 Å². The third kappa shape index (κ3) is 6.38. The molecule has 0 unspecified atom stereocenters. The van der Waals surface area contributed by atoms with E-state index in [0.29, 0.717) is 36.5 Å². The van der Waals surface area contributed by atoms with Crippen LogP contribution in [0.25, 0.3) is 10.8 Å². The zero-order chi connectivity index (χ0) is 28.2. The number of morpholine rings is 1. The number of rotatable bonds is 9. The number of amides is 1. The smallest absolute Gasteiger partial charge is 0.339 e. The van der Waals surface area contributed by atoms with Crippen molar-refractivity contribution in [3.8, 4) is 11.5 Å². The maximum absolute atomic E-state index is 13.4. The average molecular weight is 535 g/mol. The number of benzene rings is 3. The van der Waals surface area contributed by atoms with E-state index < -0.39 is 23.1 Å². The van der Waals surface area contributed by atoms with Gasteiger partial charge in [0.05, 0.1) is 26.0 Å². The van der Waals surface area contributed by atoms with Gasteiger partial charge < -0.3 is 24.6 Å². The second-order valence-electron chi connectivity index (χ2n) is 10.4. The van der Waals surface area contributed by atoms with Crippen LogP contribution in [0.4, 0.5) is 5.69 Å². The predicted molar refractivity (Wildman–Crippen MR) is 148 cm³/mol. The summed E-state index contributed by atoms with van der Waals surface area (Å²) in [4.78, 5) is 40.7. The Morgan fingerprint density at radius 2 is 1.69 bits per heavy atom. The molecule has 1 aliphatic rings. The van der Waals surface area contributed by atoms with Crippen molar-refractivity contribution in [1.82, 2.24) is 4.90 Å². The number of carboxylic acid groups (broad SMARTS) is 1. The van der Waals surface area contributed by atoms with Crippen molar-refractivity contribution in [2.24, 2.45) is 0 Å². The fourth-order valence-corrected chi connectivity index (χ4v) is 4.54. The van der Waals surface area contributed by atoms with E-state index in [1.165, 1.54) is 13.2 Å². The van der Waals surface area contributed by atoms with Gasteiger partial charge in [0.25, 0.3) is 11.7 Å². The van der Waals surface area contributed by atoms with Gasteiger partial charge in [-0.1, -0.05) is 45.0 Å². The zero-order valence-electron chi connectivity index (χ0n) is 22.7. The monoisotopic (exact) mass is 534 g/mol. The average Bonchev–Trinajstić information content (AvgIpc) is 2.92. The maximum Gasteiger partial charge on any atom is 0.339 e. The number of hydrogen-bond acceptors (Lipinski definition) is 7. The van der Waals surface area contributed by atoms with E-state index in [0.717, 1.165) is 25.0 Å². The van der Waals surface area contributed by atoms with E-state index in [-0.39, 0.29) is 22.6 Å². The van der Waals surface area contributed by atoms with Crippen molar-refractivity contribution in [3.05, 3.63) is 65.2 Å². The topological polar surface area (TPSA) is 114 Å². The summed E-state index contributed by atoms with van der Waals surface area (Å²) in [7, 11) is 1.32. The molecule has 0 radical (unpaired) electrons. The van der Waals surface area contributed by atoms with Crippen LogP contribution in [0.3, 0.4) is 0 Å². The molecule has 0 aliphatic carbocycles. The van der Waals surface area contributed by atoms with Gasteiger partial charge in [0.1, 0.15) is 17.9 Å². The first-order chi connectivity index (χ1) is 18.6. The lowest BCUT2D eigenvalue weighted by Crippen LogP contribution is -2.38. The van der Waals surface area contributed by atoms with Crippen LogP contribution in [0, 0.1) is 0 Å². The number of Topliss-reactive ketones (excluding diaryl/α,β-unsaturated/α-hetero) is 1. The molecule has 39 heavy (non-hydrogen) atoms. The quantitative estimate of drug-likeness (QED) is 0.307. The summed E-state index contributed by atoms with van der Waals surface area (Å²) in [5.74, 6) is -2.25. The van der Waals surface area contributed by atoms with Gasteiger partial charge in [0.15, 0.2) is 5.75 Å². The van der Waals surface area contributed by atoms with Gasteiger partial charge in [0, 0.05) is 30.6 Å². The van der Waals surface area contributed by atoms with Crippen molar-refractivity contribution in [2.75, 3.05) is 51.9 Å². The lowest BCUT2D eigenvalue weighted by molar-refractivity contribution is -0.112. The molecule has 3 aromatic carbocycles. The van der Waals surface area contributed by atoms with Gasteiger partial charge in [-0.3, -0.25) is 14.5 Å². The lowest BCUT2D eigenvalue weighted by Gasteiger charge is -2.26. The van der Waals surface area contributed by atoms with Crippen molar-refractivity contribution in [1.29, 1.82) is 0 Å². The van der Waals surface area contributed by atoms with Crippen LogP contribution in [0.1, 0.15) is 47.1 Å². The second kappa shape index (κ2) is 11.8. The number of ketones is 1. The number of anilines is 1. The first-order valence-electron chi connectivity index (χ1n) is 12.9. The van der Waals surface area contributed by atoms with Crippen LogP contribution in [-0.4, -0.2) is 74.2 Å². The first kappa shape index (κ1) is 28.1. The fraction of sp³-hybridized carbons (Fsp3) is 0.367. The molecule has 0 atom stereocenters. The summed E-state index contributed by atoms with van der Waals surface area (Å²) in [5.41, 5.74) is 0.499. The Bertz CT molecular complexity index is 1390. The molecule has 1 heterocycles. The summed E-state index contributed by atoms with van der Waals surface area (Å²) in [5, 5.41) is 13.6. The minimum Gasteiger partial charge on any atom is -0.494 e. The number of ether oxygens (including phenoxy) is 3. The Hall–Kier alpha value is -3.95. The highest BCUT2D eigenvalue weighted by Crippen LogP contribution is 2.36. The van der Waals surface area contributed by atoms with Crippen LogP contribution in [-0.2, 0) is 14.9 Å². The number of carbonyl (C=O) groups is 3. The molecule has 0 bridgehead atoms. The molecule has 1 aliphatic heterocycles. The van der Waals surface area contributed by atoms with Crippen LogP contribution in [0.2, 0.25) is 0 Å². The number of fused-ring (bicyclic) bond motifs is 1. The number of carbonyl (C=O) groups excluding carboxylic acids is 2. The highest BCUT2D eigenvalue weighted by molar-refractivity contribution is 6.48. The third-order valence-electron chi connectivity index (χ3n) is 6.74. The maximum atomic E-state index is 13.4. The molecule has 0 spiro atoms. The lowest BCUT2D eigenvalue weighted by atomic mass is 9.85. The Kier molecular flexibility index (Phi) is 8.52. The summed E-state index contributed by atoms with van der Waals surface area (Å²) < 4.78 is 16.8.